The highest BCUT2D eigenvalue weighted by molar-refractivity contribution is 7.89. The fraction of sp³-hybridized carbons (Fsp3) is 0.304. The van der Waals surface area contributed by atoms with Gasteiger partial charge in [-0.2, -0.15) is 0 Å². The highest BCUT2D eigenvalue weighted by Crippen LogP contribution is 2.26. The summed E-state index contributed by atoms with van der Waals surface area (Å²) in [6.45, 7) is 7.03. The van der Waals surface area contributed by atoms with Crippen LogP contribution >= 0.6 is 0 Å². The maximum Gasteiger partial charge on any atom is 0.338 e. The second kappa shape index (κ2) is 9.13. The fourth-order valence-electron chi connectivity index (χ4n) is 3.22. The van der Waals surface area contributed by atoms with E-state index in [1.165, 1.54) is 31.4 Å². The third kappa shape index (κ3) is 5.00. The monoisotopic (exact) mass is 459 g/mol. The molecule has 0 saturated carbocycles. The number of methoxy groups -OCH3 is 1. The van der Waals surface area contributed by atoms with Gasteiger partial charge in [-0.25, -0.2) is 22.7 Å². The number of fused-ring (bicyclic) bond motifs is 1. The number of rotatable bonds is 7. The Hall–Kier alpha value is -3.17. The molecule has 1 N–H and O–H groups in total. The fourth-order valence-corrected chi connectivity index (χ4v) is 4.66. The first-order valence-corrected chi connectivity index (χ1v) is 11.4. The van der Waals surface area contributed by atoms with E-state index in [0.29, 0.717) is 16.5 Å². The molecule has 0 fully saturated rings. The number of esters is 1. The van der Waals surface area contributed by atoms with E-state index in [1.54, 1.807) is 19.9 Å². The minimum atomic E-state index is -3.91. The van der Waals surface area contributed by atoms with Gasteiger partial charge in [0.2, 0.25) is 10.0 Å². The van der Waals surface area contributed by atoms with Crippen LogP contribution in [-0.4, -0.2) is 27.5 Å². The summed E-state index contributed by atoms with van der Waals surface area (Å²) in [5.41, 5.74) is 2.36. The van der Waals surface area contributed by atoms with Gasteiger partial charge >= 0.3 is 11.6 Å². The number of hydrogen-bond acceptors (Lipinski definition) is 7. The third-order valence-corrected chi connectivity index (χ3v) is 6.56. The van der Waals surface area contributed by atoms with Gasteiger partial charge in [-0.15, -0.1) is 0 Å². The van der Waals surface area contributed by atoms with Gasteiger partial charge in [0.15, 0.2) is 0 Å². The van der Waals surface area contributed by atoms with Crippen molar-refractivity contribution in [3.8, 4) is 5.75 Å². The molecule has 8 nitrogen and oxygen atoms in total. The zero-order chi connectivity index (χ0) is 23.6. The topological polar surface area (TPSA) is 112 Å². The summed E-state index contributed by atoms with van der Waals surface area (Å²) in [6, 6.07) is 8.58. The van der Waals surface area contributed by atoms with Crippen LogP contribution in [0.4, 0.5) is 0 Å². The van der Waals surface area contributed by atoms with Gasteiger partial charge in [0.05, 0.1) is 12.7 Å². The van der Waals surface area contributed by atoms with Gasteiger partial charge in [-0.1, -0.05) is 0 Å². The molecule has 2 aromatic carbocycles. The molecule has 0 spiro atoms. The molecule has 0 aliphatic rings. The molecule has 0 bridgehead atoms. The number of aryl methyl sites for hydroxylation is 2. The SMILES string of the molecule is COc1ccc(C(=O)OCc2cc(=O)oc3cc(C)c(C)cc23)cc1S(=O)(=O)NC(C)C. The maximum atomic E-state index is 12.7. The minimum Gasteiger partial charge on any atom is -0.495 e. The summed E-state index contributed by atoms with van der Waals surface area (Å²) < 4.78 is 43.5. The molecule has 3 rings (SSSR count). The minimum absolute atomic E-state index is 0.0363. The van der Waals surface area contributed by atoms with Crippen LogP contribution in [0.5, 0.6) is 5.75 Å². The van der Waals surface area contributed by atoms with Crippen LogP contribution in [0, 0.1) is 13.8 Å². The Kier molecular flexibility index (Phi) is 6.71. The molecule has 170 valence electrons. The highest BCUT2D eigenvalue weighted by Gasteiger charge is 2.23. The highest BCUT2D eigenvalue weighted by atomic mass is 32.2. The molecule has 32 heavy (non-hydrogen) atoms. The second-order valence-electron chi connectivity index (χ2n) is 7.74. The van der Waals surface area contributed by atoms with Gasteiger partial charge in [-0.05, 0) is 69.2 Å². The van der Waals surface area contributed by atoms with Crippen LogP contribution in [0.2, 0.25) is 0 Å². The van der Waals surface area contributed by atoms with E-state index in [-0.39, 0.29) is 28.9 Å². The van der Waals surface area contributed by atoms with Crippen LogP contribution in [0.1, 0.15) is 40.9 Å². The van der Waals surface area contributed by atoms with E-state index in [1.807, 2.05) is 19.9 Å². The van der Waals surface area contributed by atoms with Crippen molar-refractivity contribution in [3.63, 3.8) is 0 Å². The number of nitrogens with one attached hydrogen (secondary N) is 1. The zero-order valence-electron chi connectivity index (χ0n) is 18.5. The number of ether oxygens (including phenoxy) is 2. The first kappa shape index (κ1) is 23.5. The molecular formula is C23H25NO7S. The number of benzene rings is 2. The van der Waals surface area contributed by atoms with Crippen LogP contribution < -0.4 is 15.1 Å². The third-order valence-electron chi connectivity index (χ3n) is 4.88. The second-order valence-corrected chi connectivity index (χ2v) is 9.42. The summed E-state index contributed by atoms with van der Waals surface area (Å²) in [4.78, 5) is 24.4. The first-order valence-electron chi connectivity index (χ1n) is 9.93. The molecule has 1 aromatic heterocycles. The average Bonchev–Trinajstić information content (AvgIpc) is 2.71. The Morgan fingerprint density at radius 2 is 1.78 bits per heavy atom. The van der Waals surface area contributed by atoms with Crippen molar-refractivity contribution in [3.05, 3.63) is 69.1 Å². The molecule has 0 saturated heterocycles. The Bertz CT molecular complexity index is 1340. The normalized spacial score (nSPS) is 11.7. The number of carbonyl (C=O) groups excluding carboxylic acids is 1. The molecule has 0 aliphatic carbocycles. The number of hydrogen-bond donors (Lipinski definition) is 1. The van der Waals surface area contributed by atoms with Crippen molar-refractivity contribution in [1.29, 1.82) is 0 Å². The maximum absolute atomic E-state index is 12.7. The van der Waals surface area contributed by atoms with Gasteiger partial charge in [-0.3, -0.25) is 0 Å². The summed E-state index contributed by atoms with van der Waals surface area (Å²) >= 11 is 0. The molecule has 0 amide bonds. The van der Waals surface area contributed by atoms with Crippen LogP contribution in [0.25, 0.3) is 11.0 Å². The van der Waals surface area contributed by atoms with Crippen LogP contribution in [-0.2, 0) is 21.4 Å². The van der Waals surface area contributed by atoms with Crippen molar-refractivity contribution in [2.45, 2.75) is 45.2 Å². The predicted molar refractivity (Wildman–Crippen MR) is 120 cm³/mol. The van der Waals surface area contributed by atoms with Gasteiger partial charge in [0.25, 0.3) is 0 Å². The Morgan fingerprint density at radius 3 is 2.44 bits per heavy atom. The first-order chi connectivity index (χ1) is 15.0. The lowest BCUT2D eigenvalue weighted by Crippen LogP contribution is -2.30. The standard InChI is InChI=1S/C23H25NO7S/c1-13(2)24-32(27,28)21-10-16(6-7-19(21)29-5)23(26)30-12-17-11-22(25)31-20-9-15(4)14(3)8-18(17)20/h6-11,13,24H,12H2,1-5H3. The Morgan fingerprint density at radius 1 is 1.09 bits per heavy atom. The molecule has 9 heteroatoms. The zero-order valence-corrected chi connectivity index (χ0v) is 19.3. The smallest absolute Gasteiger partial charge is 0.338 e. The molecule has 0 aliphatic heterocycles. The molecule has 0 unspecified atom stereocenters. The van der Waals surface area contributed by atoms with Crippen molar-refractivity contribution in [1.82, 2.24) is 4.72 Å². The van der Waals surface area contributed by atoms with Crippen LogP contribution in [0.3, 0.4) is 0 Å². The van der Waals surface area contributed by atoms with E-state index in [9.17, 15) is 18.0 Å². The van der Waals surface area contributed by atoms with E-state index in [0.717, 1.165) is 11.1 Å². The summed E-state index contributed by atoms with van der Waals surface area (Å²) in [5.74, 6) is -0.633. The van der Waals surface area contributed by atoms with Crippen LogP contribution in [0.15, 0.2) is 50.5 Å². The van der Waals surface area contributed by atoms with Gasteiger partial charge in [0, 0.05) is 23.1 Å². The summed E-state index contributed by atoms with van der Waals surface area (Å²) in [5, 5.41) is 0.666. The van der Waals surface area contributed by atoms with E-state index < -0.39 is 21.6 Å². The Labute approximate surface area is 186 Å². The largest absolute Gasteiger partial charge is 0.495 e. The lowest BCUT2D eigenvalue weighted by atomic mass is 10.0. The van der Waals surface area contributed by atoms with E-state index in [4.69, 9.17) is 13.9 Å². The van der Waals surface area contributed by atoms with Crippen molar-refractivity contribution in [2.75, 3.05) is 7.11 Å². The molecule has 0 radical (unpaired) electrons. The lowest BCUT2D eigenvalue weighted by Gasteiger charge is -2.14. The van der Waals surface area contributed by atoms with E-state index >= 15 is 0 Å². The predicted octanol–water partition coefficient (Wildman–Crippen LogP) is 3.46. The quantitative estimate of drug-likeness (QED) is 0.425. The van der Waals surface area contributed by atoms with Crippen molar-refractivity contribution in [2.24, 2.45) is 0 Å². The summed E-state index contributed by atoms with van der Waals surface area (Å²) in [7, 11) is -2.56. The number of sulfonamides is 1. The van der Waals surface area contributed by atoms with E-state index in [2.05, 4.69) is 4.72 Å². The average molecular weight is 460 g/mol. The van der Waals surface area contributed by atoms with Crippen molar-refractivity contribution < 1.29 is 27.1 Å². The number of carbonyl (C=O) groups is 1. The Balaban J connectivity index is 1.91. The molecule has 3 aromatic rings. The lowest BCUT2D eigenvalue weighted by molar-refractivity contribution is 0.0473. The molecule has 1 heterocycles. The van der Waals surface area contributed by atoms with Gasteiger partial charge in [0.1, 0.15) is 22.8 Å². The molecular weight excluding hydrogens is 434 g/mol. The van der Waals surface area contributed by atoms with Gasteiger partial charge < -0.3 is 13.9 Å². The van der Waals surface area contributed by atoms with Crippen molar-refractivity contribution >= 4 is 27.0 Å². The summed E-state index contributed by atoms with van der Waals surface area (Å²) in [6.07, 6.45) is 0. The molecule has 0 atom stereocenters.